The molecule has 0 aromatic carbocycles. The van der Waals surface area contributed by atoms with E-state index < -0.39 is 6.10 Å². The lowest BCUT2D eigenvalue weighted by atomic mass is 10.0. The van der Waals surface area contributed by atoms with E-state index in [0.29, 0.717) is 19.3 Å². The van der Waals surface area contributed by atoms with Gasteiger partial charge in [0, 0.05) is 19.3 Å². The average molecular weight is 1070 g/mol. The van der Waals surface area contributed by atoms with Gasteiger partial charge < -0.3 is 14.2 Å². The lowest BCUT2D eigenvalue weighted by Gasteiger charge is -2.18. The summed E-state index contributed by atoms with van der Waals surface area (Å²) in [5.41, 5.74) is 0. The third kappa shape index (κ3) is 62.2. The smallest absolute Gasteiger partial charge is 0.306 e. The van der Waals surface area contributed by atoms with Crippen LogP contribution in [0.3, 0.4) is 0 Å². The third-order valence-corrected chi connectivity index (χ3v) is 15.1. The van der Waals surface area contributed by atoms with Crippen LogP contribution >= 0.6 is 0 Å². The van der Waals surface area contributed by atoms with Gasteiger partial charge >= 0.3 is 17.9 Å². The van der Waals surface area contributed by atoms with Crippen LogP contribution in [0.1, 0.15) is 361 Å². The normalized spacial score (nSPS) is 12.3. The molecule has 1 unspecified atom stereocenters. The number of rotatable bonds is 62. The van der Waals surface area contributed by atoms with Crippen molar-refractivity contribution in [2.75, 3.05) is 13.2 Å². The number of carbonyl (C=O) groups excluding carboxylic acids is 3. The Labute approximate surface area is 473 Å². The molecule has 0 aromatic rings. The zero-order valence-electron chi connectivity index (χ0n) is 51.0. The number of esters is 3. The summed E-state index contributed by atoms with van der Waals surface area (Å²) in [7, 11) is 0. The second kappa shape index (κ2) is 64.9. The van der Waals surface area contributed by atoms with E-state index in [9.17, 15) is 14.4 Å². The maximum atomic E-state index is 12.9. The van der Waals surface area contributed by atoms with Gasteiger partial charge in [0.25, 0.3) is 0 Å². The zero-order chi connectivity index (χ0) is 55.0. The molecule has 0 N–H and O–H groups in total. The van der Waals surface area contributed by atoms with Crippen molar-refractivity contribution < 1.29 is 28.6 Å². The summed E-state index contributed by atoms with van der Waals surface area (Å²) in [6.07, 6.45) is 81.5. The number of hydrogen-bond acceptors (Lipinski definition) is 6. The molecule has 0 aliphatic carbocycles. The Morgan fingerprint density at radius 3 is 0.750 bits per heavy atom. The van der Waals surface area contributed by atoms with E-state index in [4.69, 9.17) is 14.2 Å². The fourth-order valence-corrected chi connectivity index (χ4v) is 9.98. The fourth-order valence-electron chi connectivity index (χ4n) is 9.98. The van der Waals surface area contributed by atoms with Crippen molar-refractivity contribution in [3.8, 4) is 0 Å². The third-order valence-electron chi connectivity index (χ3n) is 15.1. The quantitative estimate of drug-likeness (QED) is 0.0261. The minimum atomic E-state index is -0.771. The number of carbonyl (C=O) groups is 3. The molecular formula is C70H128O6. The van der Waals surface area contributed by atoms with Gasteiger partial charge in [-0.1, -0.05) is 307 Å². The lowest BCUT2D eigenvalue weighted by molar-refractivity contribution is -0.167. The number of hydrogen-bond donors (Lipinski definition) is 0. The molecule has 0 radical (unpaired) electrons. The topological polar surface area (TPSA) is 78.9 Å². The Hall–Kier alpha value is -2.63. The molecular weight excluding hydrogens is 937 g/mol. The maximum Gasteiger partial charge on any atom is 0.306 e. The van der Waals surface area contributed by atoms with E-state index in [1.54, 1.807) is 0 Å². The second-order valence-electron chi connectivity index (χ2n) is 22.7. The first-order valence-electron chi connectivity index (χ1n) is 33.6. The predicted molar refractivity (Wildman–Crippen MR) is 330 cm³/mol. The molecule has 0 bridgehead atoms. The highest BCUT2D eigenvalue weighted by Gasteiger charge is 2.19. The van der Waals surface area contributed by atoms with Gasteiger partial charge in [0.05, 0.1) is 0 Å². The molecule has 0 aromatic heterocycles. The zero-order valence-corrected chi connectivity index (χ0v) is 51.0. The van der Waals surface area contributed by atoms with E-state index in [0.717, 1.165) is 70.6 Å². The van der Waals surface area contributed by atoms with E-state index >= 15 is 0 Å². The van der Waals surface area contributed by atoms with Gasteiger partial charge in [0.15, 0.2) is 6.10 Å². The largest absolute Gasteiger partial charge is 0.462 e. The molecule has 76 heavy (non-hydrogen) atoms. The Balaban J connectivity index is 4.12. The standard InChI is InChI=1S/C70H128O6/c1-4-7-10-13-16-19-21-23-25-27-29-31-33-34-35-36-38-39-41-43-45-47-49-51-54-57-60-63-69(72)75-66-67(65-74-68(71)62-59-56-53-18-15-12-9-6-3)76-70(73)64-61-58-55-52-50-48-46-44-42-40-37-32-30-28-26-24-22-20-17-14-11-8-5-2/h21,23,27-30,33-34,67H,4-20,22,24-26,31-32,35-66H2,1-3H3/b23-21-,29-27-,30-28-,34-33-. The van der Waals surface area contributed by atoms with Crippen LogP contribution in [0.15, 0.2) is 48.6 Å². The summed E-state index contributed by atoms with van der Waals surface area (Å²) in [5.74, 6) is -0.857. The van der Waals surface area contributed by atoms with Crippen LogP contribution in [-0.2, 0) is 28.6 Å². The second-order valence-corrected chi connectivity index (χ2v) is 22.7. The monoisotopic (exact) mass is 1060 g/mol. The molecule has 0 saturated heterocycles. The van der Waals surface area contributed by atoms with Crippen molar-refractivity contribution in [3.05, 3.63) is 48.6 Å². The van der Waals surface area contributed by atoms with Crippen LogP contribution in [-0.4, -0.2) is 37.2 Å². The number of unbranched alkanes of at least 4 members (excludes halogenated alkanes) is 43. The van der Waals surface area contributed by atoms with Gasteiger partial charge in [-0.2, -0.15) is 0 Å². The number of allylic oxidation sites excluding steroid dienone is 8. The summed E-state index contributed by atoms with van der Waals surface area (Å²) in [4.78, 5) is 38.2. The minimum absolute atomic E-state index is 0.0702. The highest BCUT2D eigenvalue weighted by atomic mass is 16.6. The van der Waals surface area contributed by atoms with Gasteiger partial charge in [-0.05, 0) is 83.5 Å². The molecule has 444 valence electrons. The molecule has 0 saturated carbocycles. The molecule has 0 aliphatic rings. The predicted octanol–water partition coefficient (Wildman–Crippen LogP) is 22.9. The molecule has 6 nitrogen and oxygen atoms in total. The average Bonchev–Trinajstić information content (AvgIpc) is 3.42. The minimum Gasteiger partial charge on any atom is -0.462 e. The van der Waals surface area contributed by atoms with E-state index in [1.807, 2.05) is 0 Å². The van der Waals surface area contributed by atoms with Crippen LogP contribution in [0.4, 0.5) is 0 Å². The van der Waals surface area contributed by atoms with Crippen molar-refractivity contribution in [1.82, 2.24) is 0 Å². The molecule has 0 fully saturated rings. The van der Waals surface area contributed by atoms with E-state index in [1.165, 1.54) is 250 Å². The highest BCUT2D eigenvalue weighted by Crippen LogP contribution is 2.17. The van der Waals surface area contributed by atoms with Gasteiger partial charge in [-0.15, -0.1) is 0 Å². The first kappa shape index (κ1) is 73.4. The van der Waals surface area contributed by atoms with Gasteiger partial charge in [0.1, 0.15) is 13.2 Å². The first-order valence-corrected chi connectivity index (χ1v) is 33.6. The Kier molecular flexibility index (Phi) is 62.6. The van der Waals surface area contributed by atoms with Crippen LogP contribution in [0.25, 0.3) is 0 Å². The molecule has 0 heterocycles. The summed E-state index contributed by atoms with van der Waals surface area (Å²) in [5, 5.41) is 0. The highest BCUT2D eigenvalue weighted by molar-refractivity contribution is 5.71. The summed E-state index contributed by atoms with van der Waals surface area (Å²) in [6, 6.07) is 0. The molecule has 0 spiro atoms. The van der Waals surface area contributed by atoms with Crippen molar-refractivity contribution in [1.29, 1.82) is 0 Å². The van der Waals surface area contributed by atoms with Crippen molar-refractivity contribution >= 4 is 17.9 Å². The number of ether oxygens (including phenoxy) is 3. The van der Waals surface area contributed by atoms with Crippen molar-refractivity contribution in [3.63, 3.8) is 0 Å². The van der Waals surface area contributed by atoms with Crippen LogP contribution in [0.5, 0.6) is 0 Å². The maximum absolute atomic E-state index is 12.9. The first-order chi connectivity index (χ1) is 37.5. The molecule has 0 aliphatic heterocycles. The molecule has 6 heteroatoms. The lowest BCUT2D eigenvalue weighted by Crippen LogP contribution is -2.30. The summed E-state index contributed by atoms with van der Waals surface area (Å²) < 4.78 is 16.9. The van der Waals surface area contributed by atoms with Crippen LogP contribution in [0.2, 0.25) is 0 Å². The molecule has 0 rings (SSSR count). The molecule has 0 amide bonds. The van der Waals surface area contributed by atoms with Crippen LogP contribution in [0, 0.1) is 0 Å². The Morgan fingerprint density at radius 2 is 0.474 bits per heavy atom. The van der Waals surface area contributed by atoms with Crippen molar-refractivity contribution in [2.45, 2.75) is 367 Å². The van der Waals surface area contributed by atoms with Crippen LogP contribution < -0.4 is 0 Å². The molecule has 1 atom stereocenters. The summed E-state index contributed by atoms with van der Waals surface area (Å²) >= 11 is 0. The SMILES string of the molecule is CCCCCCC/C=C\C/C=C\C/C=C\CCCCCCCCCCCCCCC(=O)OCC(COC(=O)CCCCCCCCCC)OC(=O)CCCCCCCCCCCCC/C=C\CCCCCCCCCC. The van der Waals surface area contributed by atoms with Gasteiger partial charge in [-0.3, -0.25) is 14.4 Å². The summed E-state index contributed by atoms with van der Waals surface area (Å²) in [6.45, 7) is 6.65. The van der Waals surface area contributed by atoms with Gasteiger partial charge in [-0.25, -0.2) is 0 Å². The van der Waals surface area contributed by atoms with Crippen molar-refractivity contribution in [2.24, 2.45) is 0 Å². The van der Waals surface area contributed by atoms with E-state index in [-0.39, 0.29) is 31.1 Å². The van der Waals surface area contributed by atoms with E-state index in [2.05, 4.69) is 69.4 Å². The van der Waals surface area contributed by atoms with Gasteiger partial charge in [0.2, 0.25) is 0 Å². The Morgan fingerprint density at radius 1 is 0.263 bits per heavy atom. The fraction of sp³-hybridized carbons (Fsp3) is 0.843. The Bertz CT molecular complexity index is 1310.